The van der Waals surface area contributed by atoms with Crippen LogP contribution in [0.3, 0.4) is 0 Å². The molecular weight excluding hydrogens is 239 g/mol. The van der Waals surface area contributed by atoms with Crippen LogP contribution < -0.4 is 10.6 Å². The molecule has 0 bridgehead atoms. The fourth-order valence-electron chi connectivity index (χ4n) is 3.21. The van der Waals surface area contributed by atoms with E-state index in [-0.39, 0.29) is 11.2 Å². The molecule has 1 aromatic carbocycles. The highest BCUT2D eigenvalue weighted by Gasteiger charge is 2.30. The van der Waals surface area contributed by atoms with Crippen molar-refractivity contribution < 1.29 is 4.39 Å². The molecular formula is C16H25FN2. The average molecular weight is 264 g/mol. The van der Waals surface area contributed by atoms with Crippen molar-refractivity contribution in [2.24, 2.45) is 11.1 Å². The molecule has 0 atom stereocenters. The summed E-state index contributed by atoms with van der Waals surface area (Å²) in [5.41, 5.74) is 7.21. The van der Waals surface area contributed by atoms with E-state index in [0.717, 1.165) is 18.8 Å². The van der Waals surface area contributed by atoms with Gasteiger partial charge in [0.15, 0.2) is 0 Å². The number of nitrogens with two attached hydrogens (primary N) is 1. The summed E-state index contributed by atoms with van der Waals surface area (Å²) >= 11 is 0. The zero-order valence-electron chi connectivity index (χ0n) is 11.9. The molecule has 1 aliphatic rings. The maximum absolute atomic E-state index is 13.3. The zero-order valence-corrected chi connectivity index (χ0v) is 11.9. The number of nitrogens with zero attached hydrogens (tertiary/aromatic N) is 1. The van der Waals surface area contributed by atoms with Gasteiger partial charge in [-0.2, -0.15) is 0 Å². The summed E-state index contributed by atoms with van der Waals surface area (Å²) in [5.74, 6) is -0.174. The summed E-state index contributed by atoms with van der Waals surface area (Å²) in [6, 6.07) is 6.82. The van der Waals surface area contributed by atoms with Crippen molar-refractivity contribution in [3.8, 4) is 0 Å². The lowest BCUT2D eigenvalue weighted by Gasteiger charge is -2.36. The van der Waals surface area contributed by atoms with Gasteiger partial charge in [0.1, 0.15) is 5.82 Å². The van der Waals surface area contributed by atoms with Crippen LogP contribution >= 0.6 is 0 Å². The Labute approximate surface area is 115 Å². The van der Waals surface area contributed by atoms with E-state index in [9.17, 15) is 4.39 Å². The molecule has 0 amide bonds. The molecule has 0 saturated heterocycles. The van der Waals surface area contributed by atoms with Gasteiger partial charge in [-0.05, 0) is 37.6 Å². The number of benzene rings is 1. The van der Waals surface area contributed by atoms with Gasteiger partial charge in [0, 0.05) is 24.7 Å². The molecule has 0 heterocycles. The highest BCUT2D eigenvalue weighted by atomic mass is 19.1. The van der Waals surface area contributed by atoms with Gasteiger partial charge in [0.25, 0.3) is 0 Å². The average Bonchev–Trinajstić information content (AvgIpc) is 2.65. The van der Waals surface area contributed by atoms with E-state index in [1.54, 1.807) is 12.1 Å². The van der Waals surface area contributed by atoms with Crippen LogP contribution in [-0.4, -0.2) is 20.1 Å². The van der Waals surface area contributed by atoms with Crippen molar-refractivity contribution in [3.05, 3.63) is 30.1 Å². The first kappa shape index (κ1) is 14.3. The number of hydrogen-bond donors (Lipinski definition) is 1. The van der Waals surface area contributed by atoms with Crippen molar-refractivity contribution in [2.75, 3.05) is 25.0 Å². The predicted octanol–water partition coefficient (Wildman–Crippen LogP) is 3.56. The van der Waals surface area contributed by atoms with Crippen LogP contribution in [0.5, 0.6) is 0 Å². The minimum absolute atomic E-state index is 0.174. The van der Waals surface area contributed by atoms with E-state index in [1.165, 1.54) is 44.6 Å². The van der Waals surface area contributed by atoms with Crippen molar-refractivity contribution in [1.29, 1.82) is 0 Å². The summed E-state index contributed by atoms with van der Waals surface area (Å²) in [6.07, 6.45) is 7.59. The maximum Gasteiger partial charge on any atom is 0.125 e. The SMILES string of the molecule is CN(CC1(CN)CCCCCC1)c1cccc(F)c1. The first-order valence-electron chi connectivity index (χ1n) is 7.32. The molecule has 0 unspecified atom stereocenters. The van der Waals surface area contributed by atoms with Crippen LogP contribution in [0, 0.1) is 11.2 Å². The third kappa shape index (κ3) is 3.69. The summed E-state index contributed by atoms with van der Waals surface area (Å²) in [6.45, 7) is 1.65. The molecule has 1 fully saturated rings. The van der Waals surface area contributed by atoms with Crippen molar-refractivity contribution in [1.82, 2.24) is 0 Å². The molecule has 0 aliphatic heterocycles. The third-order valence-electron chi connectivity index (χ3n) is 4.42. The summed E-state index contributed by atoms with van der Waals surface area (Å²) in [4.78, 5) is 2.15. The lowest BCUT2D eigenvalue weighted by molar-refractivity contribution is 0.262. The van der Waals surface area contributed by atoms with Crippen LogP contribution in [0.25, 0.3) is 0 Å². The second-order valence-electron chi connectivity index (χ2n) is 5.95. The van der Waals surface area contributed by atoms with Crippen LogP contribution in [0.15, 0.2) is 24.3 Å². The first-order valence-corrected chi connectivity index (χ1v) is 7.32. The van der Waals surface area contributed by atoms with Crippen LogP contribution in [0.1, 0.15) is 38.5 Å². The third-order valence-corrected chi connectivity index (χ3v) is 4.42. The number of hydrogen-bond acceptors (Lipinski definition) is 2. The van der Waals surface area contributed by atoms with Gasteiger partial charge < -0.3 is 10.6 Å². The molecule has 1 saturated carbocycles. The Balaban J connectivity index is 2.08. The topological polar surface area (TPSA) is 29.3 Å². The molecule has 2 rings (SSSR count). The lowest BCUT2D eigenvalue weighted by atomic mass is 9.80. The smallest absolute Gasteiger partial charge is 0.125 e. The van der Waals surface area contributed by atoms with E-state index >= 15 is 0 Å². The Morgan fingerprint density at radius 2 is 1.89 bits per heavy atom. The summed E-state index contributed by atoms with van der Waals surface area (Å²) < 4.78 is 13.3. The van der Waals surface area contributed by atoms with E-state index in [4.69, 9.17) is 5.73 Å². The second kappa shape index (κ2) is 6.38. The highest BCUT2D eigenvalue weighted by Crippen LogP contribution is 2.35. The van der Waals surface area contributed by atoms with E-state index in [2.05, 4.69) is 4.90 Å². The van der Waals surface area contributed by atoms with E-state index in [1.807, 2.05) is 13.1 Å². The molecule has 1 aliphatic carbocycles. The normalized spacial score (nSPS) is 18.9. The molecule has 2 nitrogen and oxygen atoms in total. The summed E-state index contributed by atoms with van der Waals surface area (Å²) in [7, 11) is 2.04. The Bertz CT molecular complexity index is 397. The minimum Gasteiger partial charge on any atom is -0.374 e. The molecule has 3 heteroatoms. The van der Waals surface area contributed by atoms with Gasteiger partial charge in [-0.1, -0.05) is 31.7 Å². The van der Waals surface area contributed by atoms with E-state index < -0.39 is 0 Å². The Morgan fingerprint density at radius 3 is 2.47 bits per heavy atom. The zero-order chi connectivity index (χ0) is 13.7. The van der Waals surface area contributed by atoms with Gasteiger partial charge in [0.2, 0.25) is 0 Å². The molecule has 2 N–H and O–H groups in total. The molecule has 0 aromatic heterocycles. The second-order valence-corrected chi connectivity index (χ2v) is 5.95. The monoisotopic (exact) mass is 264 g/mol. The predicted molar refractivity (Wildman–Crippen MR) is 78.9 cm³/mol. The van der Waals surface area contributed by atoms with Gasteiger partial charge in [0.05, 0.1) is 0 Å². The van der Waals surface area contributed by atoms with E-state index in [0.29, 0.717) is 0 Å². The summed E-state index contributed by atoms with van der Waals surface area (Å²) in [5, 5.41) is 0. The molecule has 1 aromatic rings. The van der Waals surface area contributed by atoms with Gasteiger partial charge in [-0.3, -0.25) is 0 Å². The largest absolute Gasteiger partial charge is 0.374 e. The van der Waals surface area contributed by atoms with Crippen molar-refractivity contribution >= 4 is 5.69 Å². The Kier molecular flexibility index (Phi) is 4.81. The standard InChI is InChI=1S/C16H25FN2/c1-19(15-8-6-7-14(17)11-15)13-16(12-18)9-4-2-3-5-10-16/h6-8,11H,2-5,9-10,12-13,18H2,1H3. The fourth-order valence-corrected chi connectivity index (χ4v) is 3.21. The maximum atomic E-state index is 13.3. The molecule has 0 spiro atoms. The van der Waals surface area contributed by atoms with Crippen molar-refractivity contribution in [2.45, 2.75) is 38.5 Å². The minimum atomic E-state index is -0.174. The van der Waals surface area contributed by atoms with Crippen LogP contribution in [0.2, 0.25) is 0 Å². The lowest BCUT2D eigenvalue weighted by Crippen LogP contribution is -2.41. The molecule has 106 valence electrons. The Morgan fingerprint density at radius 1 is 1.21 bits per heavy atom. The Hall–Kier alpha value is -1.09. The van der Waals surface area contributed by atoms with Crippen LogP contribution in [-0.2, 0) is 0 Å². The van der Waals surface area contributed by atoms with Gasteiger partial charge >= 0.3 is 0 Å². The molecule has 19 heavy (non-hydrogen) atoms. The quantitative estimate of drug-likeness (QED) is 0.843. The highest BCUT2D eigenvalue weighted by molar-refractivity contribution is 5.45. The van der Waals surface area contributed by atoms with Gasteiger partial charge in [-0.25, -0.2) is 4.39 Å². The van der Waals surface area contributed by atoms with Crippen molar-refractivity contribution in [3.63, 3.8) is 0 Å². The molecule has 0 radical (unpaired) electrons. The van der Waals surface area contributed by atoms with Crippen LogP contribution in [0.4, 0.5) is 10.1 Å². The fraction of sp³-hybridized carbons (Fsp3) is 0.625. The number of anilines is 1. The first-order chi connectivity index (χ1) is 9.15. The number of halogens is 1. The van der Waals surface area contributed by atoms with Gasteiger partial charge in [-0.15, -0.1) is 0 Å². The number of rotatable bonds is 4.